The van der Waals surface area contributed by atoms with Crippen LogP contribution in [0.5, 0.6) is 0 Å². The van der Waals surface area contributed by atoms with Gasteiger partial charge in [0.1, 0.15) is 0 Å². The predicted molar refractivity (Wildman–Crippen MR) is 75.4 cm³/mol. The molecule has 0 aromatic carbocycles. The van der Waals surface area contributed by atoms with Crippen molar-refractivity contribution >= 4 is 14.7 Å². The molecule has 0 unspecified atom stereocenters. The Bertz CT molecular complexity index is 207. The van der Waals surface area contributed by atoms with Crippen LogP contribution >= 0.6 is 0 Å². The molecule has 1 amide bonds. The summed E-state index contributed by atoms with van der Waals surface area (Å²) >= 11 is 0. The minimum Gasteiger partial charge on any atom is -0.374 e. The van der Waals surface area contributed by atoms with Gasteiger partial charge in [0.2, 0.25) is 5.91 Å². The van der Waals surface area contributed by atoms with Gasteiger partial charge in [0.15, 0.2) is 0 Å². The lowest BCUT2D eigenvalue weighted by Gasteiger charge is -2.26. The molecule has 0 atom stereocenters. The Hall–Kier alpha value is -0.693. The number of hydrogen-bond donors (Lipinski definition) is 1. The zero-order valence-electron chi connectivity index (χ0n) is 12.2. The largest absolute Gasteiger partial charge is 0.500 e. The van der Waals surface area contributed by atoms with E-state index in [4.69, 9.17) is 13.3 Å². The quantitative estimate of drug-likeness (QED) is 0.544. The fourth-order valence-corrected chi connectivity index (χ4v) is 3.37. The van der Waals surface area contributed by atoms with Gasteiger partial charge in [0.25, 0.3) is 0 Å². The number of carbonyl (C=O) groups excluding carboxylic acids is 1. The highest BCUT2D eigenvalue weighted by molar-refractivity contribution is 6.60. The normalized spacial score (nSPS) is 10.3. The maximum Gasteiger partial charge on any atom is 0.500 e. The van der Waals surface area contributed by atoms with E-state index in [1.807, 2.05) is 27.7 Å². The summed E-state index contributed by atoms with van der Waals surface area (Å²) < 4.78 is 16.7. The summed E-state index contributed by atoms with van der Waals surface area (Å²) in [7, 11) is -0.710. The van der Waals surface area contributed by atoms with E-state index in [0.29, 0.717) is 19.8 Å². The molecule has 5 nitrogen and oxygen atoms in total. The number of likely N-dealkylation sites (N-methyl/N-ethyl adjacent to an activating group) is 1. The van der Waals surface area contributed by atoms with E-state index < -0.39 is 8.80 Å². The molecule has 1 N–H and O–H groups in total. The first-order valence-electron chi connectivity index (χ1n) is 6.31. The molecule has 0 spiro atoms. The van der Waals surface area contributed by atoms with Crippen molar-refractivity contribution in [1.82, 2.24) is 5.32 Å². The molecule has 0 saturated carbocycles. The van der Waals surface area contributed by atoms with Crippen LogP contribution < -0.4 is 5.32 Å². The monoisotopic (exact) mass is 277 g/mol. The Labute approximate surface area is 112 Å². The van der Waals surface area contributed by atoms with Crippen LogP contribution in [-0.2, 0) is 18.1 Å². The second kappa shape index (κ2) is 12.8. The summed E-state index contributed by atoms with van der Waals surface area (Å²) in [4.78, 5) is 9.95. The van der Waals surface area contributed by atoms with Crippen LogP contribution in [0.1, 0.15) is 27.7 Å². The standard InChI is InChI=1S/C8H20O3Si.C4H7NO/c1-5-9-12(8-4,10-6-2)11-7-3;1-3-4(6)5-2/h5-8H2,1-4H3;3H,1H2,2H3,(H,5,6). The predicted octanol–water partition coefficient (Wildman–Crippen LogP) is 1.97. The summed E-state index contributed by atoms with van der Waals surface area (Å²) in [5.41, 5.74) is 0. The second-order valence-electron chi connectivity index (χ2n) is 3.15. The lowest BCUT2D eigenvalue weighted by Crippen LogP contribution is -2.45. The van der Waals surface area contributed by atoms with Crippen LogP contribution in [0.3, 0.4) is 0 Å². The molecule has 0 aliphatic rings. The van der Waals surface area contributed by atoms with E-state index in [1.165, 1.54) is 6.08 Å². The van der Waals surface area contributed by atoms with Gasteiger partial charge in [-0.15, -0.1) is 0 Å². The van der Waals surface area contributed by atoms with Gasteiger partial charge in [-0.05, 0) is 26.8 Å². The zero-order chi connectivity index (χ0) is 14.4. The lowest BCUT2D eigenvalue weighted by atomic mass is 10.6. The van der Waals surface area contributed by atoms with Gasteiger partial charge in [0, 0.05) is 32.9 Å². The highest BCUT2D eigenvalue weighted by atomic mass is 28.4. The summed E-state index contributed by atoms with van der Waals surface area (Å²) in [6, 6.07) is 0.850. The van der Waals surface area contributed by atoms with Crippen molar-refractivity contribution in [3.05, 3.63) is 12.7 Å². The highest BCUT2D eigenvalue weighted by Gasteiger charge is 2.37. The Kier molecular flexibility index (Phi) is 13.9. The minimum atomic E-state index is -2.27. The minimum absolute atomic E-state index is 0.144. The fourth-order valence-electron chi connectivity index (χ4n) is 1.19. The van der Waals surface area contributed by atoms with Crippen LogP contribution in [-0.4, -0.2) is 41.6 Å². The Balaban J connectivity index is 0. The maximum absolute atomic E-state index is 9.95. The van der Waals surface area contributed by atoms with E-state index in [1.54, 1.807) is 7.05 Å². The number of amides is 1. The molecule has 0 bridgehead atoms. The zero-order valence-corrected chi connectivity index (χ0v) is 13.2. The summed E-state index contributed by atoms with van der Waals surface area (Å²) in [5.74, 6) is -0.144. The maximum atomic E-state index is 9.95. The number of rotatable bonds is 8. The molecule has 0 heterocycles. The average molecular weight is 277 g/mol. The Morgan fingerprint density at radius 3 is 1.61 bits per heavy atom. The molecule has 0 rings (SSSR count). The van der Waals surface area contributed by atoms with Gasteiger partial charge in [-0.1, -0.05) is 13.5 Å². The van der Waals surface area contributed by atoms with Crippen molar-refractivity contribution < 1.29 is 18.1 Å². The third-order valence-corrected chi connectivity index (χ3v) is 5.01. The van der Waals surface area contributed by atoms with Crippen LogP contribution in [0.25, 0.3) is 0 Å². The molecule has 0 aliphatic carbocycles. The van der Waals surface area contributed by atoms with E-state index >= 15 is 0 Å². The lowest BCUT2D eigenvalue weighted by molar-refractivity contribution is -0.116. The van der Waals surface area contributed by atoms with E-state index in [9.17, 15) is 4.79 Å². The summed E-state index contributed by atoms with van der Waals surface area (Å²) in [6.45, 7) is 13.2. The smallest absolute Gasteiger partial charge is 0.374 e. The molecule has 108 valence electrons. The molecule has 18 heavy (non-hydrogen) atoms. The molecule has 0 fully saturated rings. The summed E-state index contributed by atoms with van der Waals surface area (Å²) in [6.07, 6.45) is 1.22. The van der Waals surface area contributed by atoms with Crippen LogP contribution in [0, 0.1) is 0 Å². The van der Waals surface area contributed by atoms with Gasteiger partial charge < -0.3 is 18.6 Å². The molecule has 0 aromatic rings. The van der Waals surface area contributed by atoms with Crippen molar-refractivity contribution in [3.8, 4) is 0 Å². The van der Waals surface area contributed by atoms with E-state index in [2.05, 4.69) is 11.9 Å². The van der Waals surface area contributed by atoms with Gasteiger partial charge in [-0.3, -0.25) is 4.79 Å². The third kappa shape index (κ3) is 9.35. The Morgan fingerprint density at radius 1 is 1.11 bits per heavy atom. The van der Waals surface area contributed by atoms with Gasteiger partial charge in [-0.2, -0.15) is 0 Å². The second-order valence-corrected chi connectivity index (χ2v) is 6.09. The first-order valence-corrected chi connectivity index (χ1v) is 8.24. The molecule has 0 saturated heterocycles. The van der Waals surface area contributed by atoms with E-state index in [-0.39, 0.29) is 5.91 Å². The summed E-state index contributed by atoms with van der Waals surface area (Å²) in [5, 5.41) is 2.36. The molecule has 6 heteroatoms. The van der Waals surface area contributed by atoms with Crippen molar-refractivity contribution in [2.45, 2.75) is 33.7 Å². The molecular weight excluding hydrogens is 250 g/mol. The molecule has 0 aliphatic heterocycles. The van der Waals surface area contributed by atoms with E-state index in [0.717, 1.165) is 6.04 Å². The van der Waals surface area contributed by atoms with Crippen LogP contribution in [0.2, 0.25) is 6.04 Å². The van der Waals surface area contributed by atoms with Crippen LogP contribution in [0.4, 0.5) is 0 Å². The number of hydrogen-bond acceptors (Lipinski definition) is 4. The first-order chi connectivity index (χ1) is 8.55. The number of nitrogens with one attached hydrogen (secondary N) is 1. The van der Waals surface area contributed by atoms with Gasteiger partial charge in [-0.25, -0.2) is 0 Å². The Morgan fingerprint density at radius 2 is 1.50 bits per heavy atom. The molecule has 0 aromatic heterocycles. The number of carbonyl (C=O) groups is 1. The third-order valence-electron chi connectivity index (χ3n) is 1.96. The topological polar surface area (TPSA) is 56.8 Å². The van der Waals surface area contributed by atoms with Gasteiger partial charge in [0.05, 0.1) is 0 Å². The average Bonchev–Trinajstić information content (AvgIpc) is 2.39. The van der Waals surface area contributed by atoms with Crippen molar-refractivity contribution in [1.29, 1.82) is 0 Å². The van der Waals surface area contributed by atoms with Crippen LogP contribution in [0.15, 0.2) is 12.7 Å². The van der Waals surface area contributed by atoms with Crippen molar-refractivity contribution in [2.24, 2.45) is 0 Å². The van der Waals surface area contributed by atoms with Gasteiger partial charge >= 0.3 is 8.80 Å². The first kappa shape index (κ1) is 19.6. The highest BCUT2D eigenvalue weighted by Crippen LogP contribution is 2.14. The SMILES string of the molecule is C=CC(=O)NC.CCO[Si](CC)(OCC)OCC. The molecular formula is C12H27NO4Si. The molecule has 0 radical (unpaired) electrons. The fraction of sp³-hybridized carbons (Fsp3) is 0.750. The van der Waals surface area contributed by atoms with Crippen molar-refractivity contribution in [2.75, 3.05) is 26.9 Å². The van der Waals surface area contributed by atoms with Crippen molar-refractivity contribution in [3.63, 3.8) is 0 Å².